The molecule has 0 heterocycles. The van der Waals surface area contributed by atoms with E-state index >= 15 is 0 Å². The summed E-state index contributed by atoms with van der Waals surface area (Å²) in [4.78, 5) is 23.3. The Morgan fingerprint density at radius 2 is 1.88 bits per heavy atom. The fourth-order valence-corrected chi connectivity index (χ4v) is 3.16. The van der Waals surface area contributed by atoms with Crippen LogP contribution >= 0.6 is 0 Å². The number of carbonyl (C=O) groups is 2. The molecule has 1 aliphatic carbocycles. The van der Waals surface area contributed by atoms with Gasteiger partial charge in [0.25, 0.3) is 0 Å². The standard InChI is InChI=1S/C16H22N2O5S/c1-3-23-16(20)13-6-8-14(9-7-13)18(24(2,21)22)11-10-17-15(19)12-4-5-12/h6-9,12H,3-5,10-11H2,1-2H3,(H,17,19). The first kappa shape index (κ1) is 18.3. The summed E-state index contributed by atoms with van der Waals surface area (Å²) in [7, 11) is -3.50. The van der Waals surface area contributed by atoms with Gasteiger partial charge < -0.3 is 10.1 Å². The highest BCUT2D eigenvalue weighted by molar-refractivity contribution is 7.92. The van der Waals surface area contributed by atoms with Crippen LogP contribution in [-0.4, -0.2) is 46.2 Å². The fraction of sp³-hybridized carbons (Fsp3) is 0.500. The number of anilines is 1. The second-order valence-electron chi connectivity index (χ2n) is 5.67. The van der Waals surface area contributed by atoms with Crippen molar-refractivity contribution in [2.24, 2.45) is 5.92 Å². The molecule has 2 rings (SSSR count). The van der Waals surface area contributed by atoms with Crippen LogP contribution < -0.4 is 9.62 Å². The SMILES string of the molecule is CCOC(=O)c1ccc(N(CCNC(=O)C2CC2)S(C)(=O)=O)cc1. The van der Waals surface area contributed by atoms with Gasteiger partial charge in [0, 0.05) is 12.5 Å². The fourth-order valence-electron chi connectivity index (χ4n) is 2.24. The first-order chi connectivity index (χ1) is 11.3. The van der Waals surface area contributed by atoms with Gasteiger partial charge in [0.15, 0.2) is 0 Å². The molecule has 1 amide bonds. The van der Waals surface area contributed by atoms with Gasteiger partial charge in [-0.1, -0.05) is 0 Å². The van der Waals surface area contributed by atoms with E-state index in [9.17, 15) is 18.0 Å². The van der Waals surface area contributed by atoms with E-state index < -0.39 is 16.0 Å². The van der Waals surface area contributed by atoms with E-state index in [1.54, 1.807) is 19.1 Å². The molecule has 0 bridgehead atoms. The minimum Gasteiger partial charge on any atom is -0.462 e. The molecule has 0 spiro atoms. The van der Waals surface area contributed by atoms with Gasteiger partial charge in [-0.05, 0) is 44.0 Å². The second kappa shape index (κ2) is 7.65. The van der Waals surface area contributed by atoms with Crippen molar-refractivity contribution >= 4 is 27.6 Å². The largest absolute Gasteiger partial charge is 0.462 e. The van der Waals surface area contributed by atoms with Crippen LogP contribution in [0.25, 0.3) is 0 Å². The highest BCUT2D eigenvalue weighted by atomic mass is 32.2. The first-order valence-electron chi connectivity index (χ1n) is 7.85. The van der Waals surface area contributed by atoms with Gasteiger partial charge in [-0.3, -0.25) is 9.10 Å². The lowest BCUT2D eigenvalue weighted by Gasteiger charge is -2.22. The Kier molecular flexibility index (Phi) is 5.82. The molecule has 0 radical (unpaired) electrons. The molecule has 8 heteroatoms. The normalized spacial score (nSPS) is 14.1. The van der Waals surface area contributed by atoms with Crippen LogP contribution in [0.3, 0.4) is 0 Å². The van der Waals surface area contributed by atoms with Gasteiger partial charge >= 0.3 is 5.97 Å². The van der Waals surface area contributed by atoms with Crippen LogP contribution in [0.2, 0.25) is 0 Å². The maximum atomic E-state index is 12.0. The highest BCUT2D eigenvalue weighted by Gasteiger charge is 2.29. The maximum absolute atomic E-state index is 12.0. The van der Waals surface area contributed by atoms with Crippen molar-refractivity contribution in [2.75, 3.05) is 30.3 Å². The van der Waals surface area contributed by atoms with Gasteiger partial charge in [0.1, 0.15) is 0 Å². The lowest BCUT2D eigenvalue weighted by molar-refractivity contribution is -0.122. The number of amides is 1. The van der Waals surface area contributed by atoms with Gasteiger partial charge in [0.2, 0.25) is 15.9 Å². The molecule has 0 aromatic heterocycles. The summed E-state index contributed by atoms with van der Waals surface area (Å²) in [5.74, 6) is -0.395. The lowest BCUT2D eigenvalue weighted by Crippen LogP contribution is -2.38. The predicted molar refractivity (Wildman–Crippen MR) is 90.3 cm³/mol. The summed E-state index contributed by atoms with van der Waals surface area (Å²) in [6.45, 7) is 2.36. The maximum Gasteiger partial charge on any atom is 0.338 e. The van der Waals surface area contributed by atoms with Gasteiger partial charge in [-0.2, -0.15) is 0 Å². The Morgan fingerprint density at radius 3 is 2.38 bits per heavy atom. The van der Waals surface area contributed by atoms with Crippen LogP contribution in [-0.2, 0) is 19.6 Å². The van der Waals surface area contributed by atoms with Crippen molar-refractivity contribution in [1.82, 2.24) is 5.32 Å². The molecule has 0 aliphatic heterocycles. The number of ether oxygens (including phenoxy) is 1. The van der Waals surface area contributed by atoms with Crippen LogP contribution in [0, 0.1) is 5.92 Å². The third-order valence-electron chi connectivity index (χ3n) is 3.63. The monoisotopic (exact) mass is 354 g/mol. The van der Waals surface area contributed by atoms with E-state index in [4.69, 9.17) is 4.74 Å². The van der Waals surface area contributed by atoms with Crippen molar-refractivity contribution in [3.05, 3.63) is 29.8 Å². The smallest absolute Gasteiger partial charge is 0.338 e. The minimum absolute atomic E-state index is 0.0267. The lowest BCUT2D eigenvalue weighted by atomic mass is 10.2. The van der Waals surface area contributed by atoms with Gasteiger partial charge in [0.05, 0.1) is 30.7 Å². The van der Waals surface area contributed by atoms with Crippen LogP contribution in [0.15, 0.2) is 24.3 Å². The van der Waals surface area contributed by atoms with Gasteiger partial charge in [-0.15, -0.1) is 0 Å². The number of rotatable bonds is 8. The summed E-state index contributed by atoms with van der Waals surface area (Å²) in [6, 6.07) is 6.15. The Hall–Kier alpha value is -2.09. The zero-order chi connectivity index (χ0) is 17.7. The molecule has 1 aromatic rings. The molecule has 132 valence electrons. The van der Waals surface area contributed by atoms with E-state index in [2.05, 4.69) is 5.32 Å². The average Bonchev–Trinajstić information content (AvgIpc) is 3.35. The molecular weight excluding hydrogens is 332 g/mol. The van der Waals surface area contributed by atoms with Crippen molar-refractivity contribution in [3.63, 3.8) is 0 Å². The summed E-state index contributed by atoms with van der Waals surface area (Å²) in [6.07, 6.45) is 2.91. The molecule has 0 atom stereocenters. The van der Waals surface area contributed by atoms with Gasteiger partial charge in [-0.25, -0.2) is 13.2 Å². The zero-order valence-electron chi connectivity index (χ0n) is 13.8. The second-order valence-corrected chi connectivity index (χ2v) is 7.57. The van der Waals surface area contributed by atoms with E-state index in [1.165, 1.54) is 16.4 Å². The topological polar surface area (TPSA) is 92.8 Å². The number of carbonyl (C=O) groups excluding carboxylic acids is 2. The van der Waals surface area contributed by atoms with Crippen LogP contribution in [0.1, 0.15) is 30.1 Å². The first-order valence-corrected chi connectivity index (χ1v) is 9.70. The number of nitrogens with one attached hydrogen (secondary N) is 1. The van der Waals surface area contributed by atoms with Crippen molar-refractivity contribution in [2.45, 2.75) is 19.8 Å². The summed E-state index contributed by atoms with van der Waals surface area (Å²) in [5.41, 5.74) is 0.794. The Labute approximate surface area is 142 Å². The Bertz CT molecular complexity index is 696. The van der Waals surface area contributed by atoms with E-state index in [1.807, 2.05) is 0 Å². The predicted octanol–water partition coefficient (Wildman–Crippen LogP) is 1.16. The van der Waals surface area contributed by atoms with E-state index in [-0.39, 0.29) is 31.5 Å². The zero-order valence-corrected chi connectivity index (χ0v) is 14.6. The molecule has 0 saturated heterocycles. The van der Waals surface area contributed by atoms with Crippen LogP contribution in [0.4, 0.5) is 5.69 Å². The quantitative estimate of drug-likeness (QED) is 0.707. The molecule has 1 aliphatic rings. The number of sulfonamides is 1. The molecular formula is C16H22N2O5S. The number of benzene rings is 1. The molecule has 0 unspecified atom stereocenters. The Balaban J connectivity index is 2.04. The summed E-state index contributed by atoms with van der Waals surface area (Å²) < 4.78 is 30.1. The molecule has 1 fully saturated rings. The Morgan fingerprint density at radius 1 is 1.25 bits per heavy atom. The van der Waals surface area contributed by atoms with Crippen molar-refractivity contribution in [1.29, 1.82) is 0 Å². The van der Waals surface area contributed by atoms with Crippen LogP contribution in [0.5, 0.6) is 0 Å². The molecule has 1 N–H and O–H groups in total. The average molecular weight is 354 g/mol. The number of nitrogens with zero attached hydrogens (tertiary/aromatic N) is 1. The third-order valence-corrected chi connectivity index (χ3v) is 4.82. The number of hydrogen-bond donors (Lipinski definition) is 1. The van der Waals surface area contributed by atoms with Crippen molar-refractivity contribution in [3.8, 4) is 0 Å². The molecule has 1 aromatic carbocycles. The summed E-state index contributed by atoms with van der Waals surface area (Å²) in [5, 5.41) is 2.74. The molecule has 24 heavy (non-hydrogen) atoms. The molecule has 1 saturated carbocycles. The van der Waals surface area contributed by atoms with E-state index in [0.29, 0.717) is 11.3 Å². The van der Waals surface area contributed by atoms with E-state index in [0.717, 1.165) is 19.1 Å². The number of esters is 1. The summed E-state index contributed by atoms with van der Waals surface area (Å²) >= 11 is 0. The third kappa shape index (κ3) is 4.95. The molecule has 7 nitrogen and oxygen atoms in total. The number of hydrogen-bond acceptors (Lipinski definition) is 5. The highest BCUT2D eigenvalue weighted by Crippen LogP contribution is 2.28. The van der Waals surface area contributed by atoms with Crippen molar-refractivity contribution < 1.29 is 22.7 Å². The minimum atomic E-state index is -3.50.